The number of carbonyl (C=O) groups excluding carboxylic acids is 1. The minimum absolute atomic E-state index is 0.0687. The van der Waals surface area contributed by atoms with Crippen molar-refractivity contribution >= 4 is 11.7 Å². The molecule has 0 aromatic rings. The second-order valence-corrected chi connectivity index (χ2v) is 5.41. The molecular formula is C13H23N3O3. The van der Waals surface area contributed by atoms with E-state index in [0.29, 0.717) is 6.61 Å². The largest absolute Gasteiger partial charge is 0.409 e. The molecule has 0 bridgehead atoms. The molecule has 0 aromatic carbocycles. The van der Waals surface area contributed by atoms with E-state index in [4.69, 9.17) is 15.7 Å². The number of carbonyl (C=O) groups is 1. The third kappa shape index (κ3) is 3.59. The molecular weight excluding hydrogens is 246 g/mol. The number of hydrogen-bond acceptors (Lipinski definition) is 4. The van der Waals surface area contributed by atoms with Crippen LogP contribution in [0.5, 0.6) is 0 Å². The van der Waals surface area contributed by atoms with E-state index < -0.39 is 0 Å². The summed E-state index contributed by atoms with van der Waals surface area (Å²) in [5.41, 5.74) is 5.58. The fourth-order valence-electron chi connectivity index (χ4n) is 2.98. The quantitative estimate of drug-likeness (QED) is 0.344. The molecule has 1 aliphatic carbocycles. The van der Waals surface area contributed by atoms with Gasteiger partial charge in [0.2, 0.25) is 5.91 Å². The molecule has 0 spiro atoms. The van der Waals surface area contributed by atoms with Gasteiger partial charge < -0.3 is 20.6 Å². The van der Waals surface area contributed by atoms with Crippen molar-refractivity contribution in [3.63, 3.8) is 0 Å². The molecule has 1 heterocycles. The lowest BCUT2D eigenvalue weighted by Crippen LogP contribution is -2.48. The van der Waals surface area contributed by atoms with Crippen LogP contribution in [0.4, 0.5) is 0 Å². The average Bonchev–Trinajstić information content (AvgIpc) is 2.98. The van der Waals surface area contributed by atoms with Crippen LogP contribution in [0.25, 0.3) is 0 Å². The van der Waals surface area contributed by atoms with Gasteiger partial charge in [0.05, 0.1) is 19.1 Å². The van der Waals surface area contributed by atoms with Gasteiger partial charge in [0.1, 0.15) is 0 Å². The molecule has 2 aliphatic rings. The van der Waals surface area contributed by atoms with E-state index in [9.17, 15) is 4.79 Å². The third-order valence-electron chi connectivity index (χ3n) is 4.02. The first-order valence-corrected chi connectivity index (χ1v) is 7.07. The predicted octanol–water partition coefficient (Wildman–Crippen LogP) is 0.931. The first-order chi connectivity index (χ1) is 9.22. The molecule has 1 atom stereocenters. The Hall–Kier alpha value is -1.30. The van der Waals surface area contributed by atoms with E-state index in [1.165, 1.54) is 0 Å². The Kier molecular flexibility index (Phi) is 5.01. The van der Waals surface area contributed by atoms with Crippen molar-refractivity contribution in [3.05, 3.63) is 0 Å². The van der Waals surface area contributed by atoms with Gasteiger partial charge in [-0.15, -0.1) is 0 Å². The molecule has 3 N–H and O–H groups in total. The number of amides is 1. The lowest BCUT2D eigenvalue weighted by atomic mass is 9.99. The molecule has 2 rings (SSSR count). The summed E-state index contributed by atoms with van der Waals surface area (Å²) < 4.78 is 5.39. The van der Waals surface area contributed by atoms with Crippen LogP contribution in [0.3, 0.4) is 0 Å². The van der Waals surface area contributed by atoms with E-state index >= 15 is 0 Å². The number of rotatable bonds is 4. The zero-order valence-corrected chi connectivity index (χ0v) is 11.3. The van der Waals surface area contributed by atoms with E-state index in [1.54, 1.807) is 4.90 Å². The van der Waals surface area contributed by atoms with Gasteiger partial charge in [-0.05, 0) is 25.7 Å². The second kappa shape index (κ2) is 6.75. The lowest BCUT2D eigenvalue weighted by Gasteiger charge is -2.33. The van der Waals surface area contributed by atoms with Crippen LogP contribution in [0, 0.1) is 5.92 Å². The van der Waals surface area contributed by atoms with Crippen molar-refractivity contribution < 1.29 is 14.7 Å². The first kappa shape index (κ1) is 14.1. The fourth-order valence-corrected chi connectivity index (χ4v) is 2.98. The zero-order chi connectivity index (χ0) is 13.7. The summed E-state index contributed by atoms with van der Waals surface area (Å²) in [4.78, 5) is 14.4. The van der Waals surface area contributed by atoms with Crippen LogP contribution in [0.2, 0.25) is 0 Å². The third-order valence-corrected chi connectivity index (χ3v) is 4.02. The maximum atomic E-state index is 12.6. The number of amidine groups is 1. The van der Waals surface area contributed by atoms with E-state index in [2.05, 4.69) is 5.16 Å². The Morgan fingerprint density at radius 3 is 2.63 bits per heavy atom. The fraction of sp³-hybridized carbons (Fsp3) is 0.846. The highest BCUT2D eigenvalue weighted by Gasteiger charge is 2.32. The Bertz CT molecular complexity index is 334. The monoisotopic (exact) mass is 269 g/mol. The van der Waals surface area contributed by atoms with Crippen molar-refractivity contribution in [3.8, 4) is 0 Å². The number of ether oxygens (including phenoxy) is 1. The van der Waals surface area contributed by atoms with Crippen LogP contribution < -0.4 is 5.73 Å². The lowest BCUT2D eigenvalue weighted by molar-refractivity contribution is -0.141. The maximum Gasteiger partial charge on any atom is 0.228 e. The van der Waals surface area contributed by atoms with Crippen molar-refractivity contribution in [2.24, 2.45) is 16.8 Å². The number of nitrogens with two attached hydrogens (primary N) is 1. The molecule has 2 fully saturated rings. The van der Waals surface area contributed by atoms with Gasteiger partial charge in [-0.2, -0.15) is 0 Å². The van der Waals surface area contributed by atoms with Gasteiger partial charge in [0, 0.05) is 12.6 Å². The molecule has 19 heavy (non-hydrogen) atoms. The van der Waals surface area contributed by atoms with Crippen molar-refractivity contribution in [1.29, 1.82) is 0 Å². The van der Waals surface area contributed by atoms with Gasteiger partial charge in [0.25, 0.3) is 0 Å². The van der Waals surface area contributed by atoms with E-state index in [-0.39, 0.29) is 30.2 Å². The summed E-state index contributed by atoms with van der Waals surface area (Å²) in [6.45, 7) is 1.46. The van der Waals surface area contributed by atoms with Gasteiger partial charge in [-0.25, -0.2) is 0 Å². The van der Waals surface area contributed by atoms with Crippen LogP contribution >= 0.6 is 0 Å². The Labute approximate surface area is 113 Å². The van der Waals surface area contributed by atoms with Crippen molar-refractivity contribution in [2.45, 2.75) is 44.6 Å². The zero-order valence-electron chi connectivity index (χ0n) is 11.3. The SMILES string of the molecule is NC(CN(C(=O)C1CCCOC1)C1CCCC1)=NO. The molecule has 1 unspecified atom stereocenters. The Morgan fingerprint density at radius 1 is 1.32 bits per heavy atom. The molecule has 0 radical (unpaired) electrons. The molecule has 6 heteroatoms. The molecule has 108 valence electrons. The molecule has 1 saturated heterocycles. The highest BCUT2D eigenvalue weighted by molar-refractivity contribution is 5.88. The summed E-state index contributed by atoms with van der Waals surface area (Å²) >= 11 is 0. The summed E-state index contributed by atoms with van der Waals surface area (Å²) in [6.07, 6.45) is 6.12. The number of oxime groups is 1. The van der Waals surface area contributed by atoms with Crippen LogP contribution in [0.15, 0.2) is 5.16 Å². The summed E-state index contributed by atoms with van der Waals surface area (Å²) in [5.74, 6) is 0.121. The minimum atomic E-state index is -0.0687. The van der Waals surface area contributed by atoms with Gasteiger partial charge in [-0.1, -0.05) is 18.0 Å². The highest BCUT2D eigenvalue weighted by atomic mass is 16.5. The molecule has 1 amide bonds. The Morgan fingerprint density at radius 2 is 2.05 bits per heavy atom. The average molecular weight is 269 g/mol. The van der Waals surface area contributed by atoms with Gasteiger partial charge >= 0.3 is 0 Å². The van der Waals surface area contributed by atoms with Crippen molar-refractivity contribution in [2.75, 3.05) is 19.8 Å². The topological polar surface area (TPSA) is 88.2 Å². The van der Waals surface area contributed by atoms with Crippen molar-refractivity contribution in [1.82, 2.24) is 4.90 Å². The number of hydrogen-bond donors (Lipinski definition) is 2. The standard InChI is InChI=1S/C13H23N3O3/c14-12(15-18)8-16(11-5-1-2-6-11)13(17)10-4-3-7-19-9-10/h10-11,18H,1-9H2,(H2,14,15). The van der Waals surface area contributed by atoms with Gasteiger partial charge in [0.15, 0.2) is 5.84 Å². The molecule has 6 nitrogen and oxygen atoms in total. The van der Waals surface area contributed by atoms with Gasteiger partial charge in [-0.3, -0.25) is 4.79 Å². The molecule has 1 saturated carbocycles. The first-order valence-electron chi connectivity index (χ1n) is 7.07. The highest BCUT2D eigenvalue weighted by Crippen LogP contribution is 2.26. The number of nitrogens with zero attached hydrogens (tertiary/aromatic N) is 2. The van der Waals surface area contributed by atoms with E-state index in [0.717, 1.165) is 45.1 Å². The molecule has 1 aliphatic heterocycles. The maximum absolute atomic E-state index is 12.6. The normalized spacial score (nSPS) is 25.5. The smallest absolute Gasteiger partial charge is 0.228 e. The van der Waals surface area contributed by atoms with Crippen LogP contribution in [-0.2, 0) is 9.53 Å². The Balaban J connectivity index is 2.04. The second-order valence-electron chi connectivity index (χ2n) is 5.41. The molecule has 0 aromatic heterocycles. The van der Waals surface area contributed by atoms with Crippen LogP contribution in [-0.4, -0.2) is 47.7 Å². The summed E-state index contributed by atoms with van der Waals surface area (Å²) in [5, 5.41) is 11.7. The minimum Gasteiger partial charge on any atom is -0.409 e. The van der Waals surface area contributed by atoms with Crippen LogP contribution in [0.1, 0.15) is 38.5 Å². The predicted molar refractivity (Wildman–Crippen MR) is 70.9 cm³/mol. The summed E-state index contributed by atoms with van der Waals surface area (Å²) in [6, 6.07) is 0.231. The van der Waals surface area contributed by atoms with E-state index in [1.807, 2.05) is 0 Å². The summed E-state index contributed by atoms with van der Waals surface area (Å²) in [7, 11) is 0.